The van der Waals surface area contributed by atoms with Crippen LogP contribution in [0.1, 0.15) is 11.5 Å². The molecule has 1 saturated heterocycles. The van der Waals surface area contributed by atoms with E-state index in [2.05, 4.69) is 4.52 Å². The third kappa shape index (κ3) is 4.68. The van der Waals surface area contributed by atoms with Crippen LogP contribution in [0, 0.1) is 0 Å². The summed E-state index contributed by atoms with van der Waals surface area (Å²) in [6, 6.07) is 8.64. The van der Waals surface area contributed by atoms with E-state index in [0.717, 1.165) is 12.1 Å². The molecule has 1 aromatic heterocycles. The molecule has 4 N–H and O–H groups in total. The van der Waals surface area contributed by atoms with Gasteiger partial charge in [-0.15, -0.1) is 0 Å². The van der Waals surface area contributed by atoms with Crippen molar-refractivity contribution < 1.29 is 33.5 Å². The molecule has 9 nitrogen and oxygen atoms in total. The molecule has 0 spiro atoms. The van der Waals surface area contributed by atoms with Gasteiger partial charge in [0.2, 0.25) is 0 Å². The number of piperidine rings is 1. The minimum absolute atomic E-state index is 0.0437. The van der Waals surface area contributed by atoms with Crippen molar-refractivity contribution in [1.29, 1.82) is 0 Å². The minimum Gasteiger partial charge on any atom is -0.507 e. The van der Waals surface area contributed by atoms with Crippen LogP contribution >= 0.6 is 19.4 Å². The van der Waals surface area contributed by atoms with Gasteiger partial charge in [-0.3, -0.25) is 14.6 Å². The van der Waals surface area contributed by atoms with E-state index in [1.54, 1.807) is 31.3 Å². The summed E-state index contributed by atoms with van der Waals surface area (Å²) in [5.41, 5.74) is -0.461. The highest BCUT2D eigenvalue weighted by atomic mass is 35.5. The predicted octanol–water partition coefficient (Wildman–Crippen LogP) is 2.64. The summed E-state index contributed by atoms with van der Waals surface area (Å²) in [6.07, 6.45) is -1.02. The van der Waals surface area contributed by atoms with Crippen LogP contribution in [0.15, 0.2) is 45.6 Å². The lowest BCUT2D eigenvalue weighted by atomic mass is 9.68. The molecule has 0 bridgehead atoms. The number of likely N-dealkylation sites (tertiary alicyclic amines) is 1. The number of nitrogens with zero attached hydrogens (tertiary/aromatic N) is 1. The molecule has 172 valence electrons. The van der Waals surface area contributed by atoms with Crippen LogP contribution in [-0.4, -0.2) is 59.0 Å². The number of aliphatic hydroxyl groups is 1. The van der Waals surface area contributed by atoms with E-state index in [-0.39, 0.29) is 28.8 Å². The first-order chi connectivity index (χ1) is 15.5. The molecular formula is C21H20BClNO8P. The topological polar surface area (TPSA) is 141 Å². The smallest absolute Gasteiger partial charge is 0.507 e. The normalized spacial score (nSPS) is 21.9. The Morgan fingerprint density at radius 3 is 2.58 bits per heavy atom. The van der Waals surface area contributed by atoms with Crippen LogP contribution in [0.5, 0.6) is 11.5 Å². The molecule has 4 rings (SSSR count). The van der Waals surface area contributed by atoms with Crippen LogP contribution in [0.25, 0.3) is 22.3 Å². The number of aliphatic hydroxyl groups excluding tert-OH is 1. The molecule has 3 aromatic rings. The number of fused-ring (bicyclic) bond motifs is 1. The van der Waals surface area contributed by atoms with Gasteiger partial charge in [-0.05, 0) is 25.7 Å². The summed E-state index contributed by atoms with van der Waals surface area (Å²) in [5.74, 6) is -2.47. The number of aromatic hydroxyl groups is 1. The lowest BCUT2D eigenvalue weighted by molar-refractivity contribution is 0.0637. The van der Waals surface area contributed by atoms with E-state index < -0.39 is 42.6 Å². The Morgan fingerprint density at radius 1 is 1.24 bits per heavy atom. The quantitative estimate of drug-likeness (QED) is 0.320. The Morgan fingerprint density at radius 2 is 1.94 bits per heavy atom. The number of benzene rings is 2. The molecule has 2 aromatic carbocycles. The van der Waals surface area contributed by atoms with Crippen molar-refractivity contribution in [3.63, 3.8) is 0 Å². The SMILES string of the molecule is [B]C1CN(C)C[C@@H](O)[C@H]1c1c(O)cc(OP(=O)(O)O)c2c(=O)cc(-c3ccccc3Cl)oc12. The van der Waals surface area contributed by atoms with Crippen molar-refractivity contribution in [2.75, 3.05) is 20.1 Å². The highest BCUT2D eigenvalue weighted by Gasteiger charge is 2.37. The molecule has 0 saturated carbocycles. The zero-order valence-electron chi connectivity index (χ0n) is 17.4. The lowest BCUT2D eigenvalue weighted by Gasteiger charge is -2.39. The van der Waals surface area contributed by atoms with Crippen molar-refractivity contribution in [3.05, 3.63) is 57.2 Å². The van der Waals surface area contributed by atoms with Crippen LogP contribution in [0.2, 0.25) is 10.8 Å². The Bertz CT molecular complexity index is 1310. The molecule has 2 heterocycles. The molecule has 33 heavy (non-hydrogen) atoms. The third-order valence-corrected chi connectivity index (χ3v) is 6.33. The molecule has 2 radical (unpaired) electrons. The van der Waals surface area contributed by atoms with Crippen LogP contribution < -0.4 is 9.95 Å². The Kier molecular flexibility index (Phi) is 6.35. The number of β-amino-alcohol motifs (C(OH)–C–C–N with tert-alkyl or cyclic N) is 1. The van der Waals surface area contributed by atoms with E-state index in [1.165, 1.54) is 0 Å². The number of phenolic OH excluding ortho intramolecular Hbond substituents is 1. The fraction of sp³-hybridized carbons (Fsp3) is 0.286. The van der Waals surface area contributed by atoms with Crippen LogP contribution in [0.4, 0.5) is 0 Å². The highest BCUT2D eigenvalue weighted by molar-refractivity contribution is 7.46. The molecule has 1 aliphatic heterocycles. The standard InChI is InChI=1S/C21H20BClNO8P/c1-24-8-11(22)18(15(27)9-24)20-14(26)7-17(32-33(28,29)30)19-13(25)6-16(31-21(19)20)10-4-2-3-5-12(10)23/h2-7,11,15,18,26-27H,8-9H2,1H3,(H2,28,29,30)/t11?,15-,18+/m1/s1. The highest BCUT2D eigenvalue weighted by Crippen LogP contribution is 2.48. The molecule has 1 fully saturated rings. The van der Waals surface area contributed by atoms with Gasteiger partial charge >= 0.3 is 7.82 Å². The molecule has 1 aliphatic rings. The van der Waals surface area contributed by atoms with Crippen molar-refractivity contribution in [2.45, 2.75) is 17.8 Å². The summed E-state index contributed by atoms with van der Waals surface area (Å²) in [5, 5.41) is 21.6. The molecule has 12 heteroatoms. The van der Waals surface area contributed by atoms with E-state index in [9.17, 15) is 29.4 Å². The third-order valence-electron chi connectivity index (χ3n) is 5.57. The van der Waals surface area contributed by atoms with Crippen molar-refractivity contribution in [2.24, 2.45) is 0 Å². The minimum atomic E-state index is -5.08. The average Bonchev–Trinajstić information content (AvgIpc) is 2.68. The number of phosphoric ester groups is 1. The molecular weight excluding hydrogens is 471 g/mol. The van der Waals surface area contributed by atoms with Gasteiger partial charge in [0, 0.05) is 35.7 Å². The van der Waals surface area contributed by atoms with Gasteiger partial charge < -0.3 is 24.1 Å². The summed E-state index contributed by atoms with van der Waals surface area (Å²) in [4.78, 5) is 33.6. The summed E-state index contributed by atoms with van der Waals surface area (Å²) < 4.78 is 22.2. The fourth-order valence-electron chi connectivity index (χ4n) is 4.30. The second kappa shape index (κ2) is 8.79. The number of halogens is 1. The van der Waals surface area contributed by atoms with Gasteiger partial charge in [-0.2, -0.15) is 0 Å². The van der Waals surface area contributed by atoms with Gasteiger partial charge in [0.15, 0.2) is 5.43 Å². The van der Waals surface area contributed by atoms with Crippen molar-refractivity contribution >= 4 is 38.2 Å². The van der Waals surface area contributed by atoms with E-state index in [0.29, 0.717) is 17.1 Å². The number of phosphoric acid groups is 1. The maximum Gasteiger partial charge on any atom is 0.524 e. The number of phenols is 1. The van der Waals surface area contributed by atoms with Crippen molar-refractivity contribution in [1.82, 2.24) is 4.90 Å². The van der Waals surface area contributed by atoms with Gasteiger partial charge in [0.1, 0.15) is 28.2 Å². The molecule has 3 atom stereocenters. The second-order valence-electron chi connectivity index (χ2n) is 8.03. The van der Waals surface area contributed by atoms with E-state index in [4.69, 9.17) is 23.9 Å². The molecule has 0 aliphatic carbocycles. The average molecular weight is 492 g/mol. The first-order valence-corrected chi connectivity index (χ1v) is 11.8. The zero-order chi connectivity index (χ0) is 24.1. The van der Waals surface area contributed by atoms with E-state index >= 15 is 0 Å². The number of likely N-dealkylation sites (N-methyl/N-ethyl adjacent to an activating group) is 1. The predicted molar refractivity (Wildman–Crippen MR) is 123 cm³/mol. The second-order valence-corrected chi connectivity index (χ2v) is 9.60. The maximum atomic E-state index is 13.1. The summed E-state index contributed by atoms with van der Waals surface area (Å²) in [6.45, 7) is 0.631. The Labute approximate surface area is 194 Å². The number of hydrogen-bond acceptors (Lipinski definition) is 7. The van der Waals surface area contributed by atoms with Crippen molar-refractivity contribution in [3.8, 4) is 22.8 Å². The van der Waals surface area contributed by atoms with Gasteiger partial charge in [-0.25, -0.2) is 4.57 Å². The van der Waals surface area contributed by atoms with Gasteiger partial charge in [0.25, 0.3) is 0 Å². The molecule has 0 amide bonds. The summed E-state index contributed by atoms with van der Waals surface area (Å²) in [7, 11) is 2.99. The maximum absolute atomic E-state index is 13.1. The van der Waals surface area contributed by atoms with Gasteiger partial charge in [-0.1, -0.05) is 29.6 Å². The largest absolute Gasteiger partial charge is 0.524 e. The van der Waals surface area contributed by atoms with Gasteiger partial charge in [0.05, 0.1) is 19.0 Å². The number of hydrogen-bond donors (Lipinski definition) is 4. The zero-order valence-corrected chi connectivity index (χ0v) is 19.0. The number of rotatable bonds is 4. The summed E-state index contributed by atoms with van der Waals surface area (Å²) >= 11 is 6.26. The Balaban J connectivity index is 2.06. The monoisotopic (exact) mass is 491 g/mol. The molecule has 1 unspecified atom stereocenters. The van der Waals surface area contributed by atoms with Crippen LogP contribution in [0.3, 0.4) is 0 Å². The lowest BCUT2D eigenvalue weighted by Crippen LogP contribution is -2.44. The first-order valence-electron chi connectivity index (χ1n) is 9.92. The first kappa shape index (κ1) is 23.8. The van der Waals surface area contributed by atoms with E-state index in [1.807, 2.05) is 4.90 Å². The fourth-order valence-corrected chi connectivity index (χ4v) is 4.92. The van der Waals surface area contributed by atoms with Crippen LogP contribution in [-0.2, 0) is 4.57 Å². The Hall–Kier alpha value is -2.33.